The van der Waals surface area contributed by atoms with Gasteiger partial charge in [-0.3, -0.25) is 14.4 Å². The average Bonchev–Trinajstić information content (AvgIpc) is 3.49. The van der Waals surface area contributed by atoms with Crippen LogP contribution in [0.4, 0.5) is 5.69 Å². The standard InChI is InChI=1S/C31H44N4O4/c1-18-15-19(2)17-22(16-18)32-28(36)25-24-11-12-31(39-24)26(25)30(38)35(14-8-13-34(5)6)27(31)29(37)33-23-10-7-9-20(3)21(23)4/h11-12,15-17,20-21,23-27H,7-10,13-14H2,1-6H3,(H,32,36)(H,33,37). The van der Waals surface area contributed by atoms with Gasteiger partial charge in [0.25, 0.3) is 0 Å². The summed E-state index contributed by atoms with van der Waals surface area (Å²) in [6.45, 7) is 9.66. The van der Waals surface area contributed by atoms with E-state index < -0.39 is 29.6 Å². The van der Waals surface area contributed by atoms with Crippen molar-refractivity contribution in [3.05, 3.63) is 41.5 Å². The molecule has 1 aliphatic carbocycles. The van der Waals surface area contributed by atoms with Crippen LogP contribution >= 0.6 is 0 Å². The van der Waals surface area contributed by atoms with Gasteiger partial charge < -0.3 is 25.2 Å². The number of hydrogen-bond acceptors (Lipinski definition) is 5. The first kappa shape index (κ1) is 27.8. The number of ether oxygens (including phenoxy) is 1. The van der Waals surface area contributed by atoms with Gasteiger partial charge in [0, 0.05) is 18.3 Å². The molecule has 4 aliphatic rings. The summed E-state index contributed by atoms with van der Waals surface area (Å²) in [5.41, 5.74) is 1.69. The first-order valence-electron chi connectivity index (χ1n) is 14.5. The van der Waals surface area contributed by atoms with Gasteiger partial charge in [0.15, 0.2) is 0 Å². The number of carbonyl (C=O) groups is 3. The topological polar surface area (TPSA) is 91.0 Å². The van der Waals surface area contributed by atoms with Gasteiger partial charge in [-0.25, -0.2) is 0 Å². The van der Waals surface area contributed by atoms with Crippen molar-refractivity contribution < 1.29 is 19.1 Å². The number of amides is 3. The van der Waals surface area contributed by atoms with E-state index in [0.29, 0.717) is 24.1 Å². The third-order valence-electron chi connectivity index (χ3n) is 9.45. The lowest BCUT2D eigenvalue weighted by atomic mass is 9.73. The van der Waals surface area contributed by atoms with Gasteiger partial charge >= 0.3 is 0 Å². The van der Waals surface area contributed by atoms with Crippen LogP contribution in [0.2, 0.25) is 0 Å². The SMILES string of the molecule is Cc1cc(C)cc(NC(=O)C2C3C=CC4(O3)C2C(=O)N(CCCN(C)C)C4C(=O)NC2CCCC(C)C2C)c1. The number of aryl methyl sites for hydroxylation is 2. The molecule has 39 heavy (non-hydrogen) atoms. The molecule has 3 aliphatic heterocycles. The van der Waals surface area contributed by atoms with E-state index in [0.717, 1.165) is 36.9 Å². The Morgan fingerprint density at radius 1 is 1.10 bits per heavy atom. The van der Waals surface area contributed by atoms with E-state index in [-0.39, 0.29) is 23.8 Å². The van der Waals surface area contributed by atoms with Crippen molar-refractivity contribution in [2.45, 2.75) is 77.2 Å². The fraction of sp³-hybridized carbons (Fsp3) is 0.645. The minimum absolute atomic E-state index is 0.0710. The summed E-state index contributed by atoms with van der Waals surface area (Å²) < 4.78 is 6.50. The molecule has 3 heterocycles. The van der Waals surface area contributed by atoms with E-state index >= 15 is 0 Å². The summed E-state index contributed by atoms with van der Waals surface area (Å²) in [7, 11) is 3.99. The molecular weight excluding hydrogens is 492 g/mol. The van der Waals surface area contributed by atoms with Crippen molar-refractivity contribution in [2.75, 3.05) is 32.5 Å². The molecule has 3 amide bonds. The molecule has 0 aromatic heterocycles. The van der Waals surface area contributed by atoms with Crippen LogP contribution in [0.25, 0.3) is 0 Å². The third-order valence-corrected chi connectivity index (χ3v) is 9.45. The molecule has 2 saturated heterocycles. The zero-order chi connectivity index (χ0) is 28.1. The second-order valence-corrected chi connectivity index (χ2v) is 12.6. The van der Waals surface area contributed by atoms with Crippen molar-refractivity contribution in [1.29, 1.82) is 0 Å². The van der Waals surface area contributed by atoms with Crippen LogP contribution in [0.5, 0.6) is 0 Å². The van der Waals surface area contributed by atoms with Crippen LogP contribution in [0.1, 0.15) is 50.7 Å². The van der Waals surface area contributed by atoms with Crippen LogP contribution in [-0.4, -0.2) is 78.5 Å². The van der Waals surface area contributed by atoms with E-state index in [1.165, 1.54) is 6.42 Å². The Balaban J connectivity index is 1.43. The molecule has 2 bridgehead atoms. The van der Waals surface area contributed by atoms with Gasteiger partial charge in [-0.15, -0.1) is 0 Å². The van der Waals surface area contributed by atoms with Gasteiger partial charge in [-0.05, 0) is 82.4 Å². The van der Waals surface area contributed by atoms with Gasteiger partial charge in [0.2, 0.25) is 17.7 Å². The molecule has 1 aromatic rings. The molecule has 8 atom stereocenters. The normalized spacial score (nSPS) is 35.0. The number of anilines is 1. The number of fused-ring (bicyclic) bond motifs is 1. The Hall–Kier alpha value is -2.71. The maximum absolute atomic E-state index is 14.1. The number of nitrogens with one attached hydrogen (secondary N) is 2. The Labute approximate surface area is 232 Å². The molecule has 8 heteroatoms. The molecule has 8 nitrogen and oxygen atoms in total. The van der Waals surface area contributed by atoms with E-state index in [1.807, 2.05) is 52.2 Å². The highest BCUT2D eigenvalue weighted by Crippen LogP contribution is 2.55. The quantitative estimate of drug-likeness (QED) is 0.498. The second-order valence-electron chi connectivity index (χ2n) is 12.6. The first-order chi connectivity index (χ1) is 18.5. The average molecular weight is 537 g/mol. The lowest BCUT2D eigenvalue weighted by Crippen LogP contribution is -2.58. The van der Waals surface area contributed by atoms with Crippen LogP contribution in [0.3, 0.4) is 0 Å². The predicted octanol–water partition coefficient (Wildman–Crippen LogP) is 3.29. The molecule has 2 N–H and O–H groups in total. The number of rotatable bonds is 8. The molecule has 1 aromatic carbocycles. The lowest BCUT2D eigenvalue weighted by Gasteiger charge is -2.38. The van der Waals surface area contributed by atoms with Gasteiger partial charge in [-0.2, -0.15) is 0 Å². The molecular formula is C31H44N4O4. The molecule has 212 valence electrons. The Morgan fingerprint density at radius 2 is 1.82 bits per heavy atom. The summed E-state index contributed by atoms with van der Waals surface area (Å²) in [6, 6.07) is 5.19. The molecule has 1 spiro atoms. The molecule has 0 radical (unpaired) electrons. The van der Waals surface area contributed by atoms with Crippen LogP contribution in [-0.2, 0) is 19.1 Å². The highest BCUT2D eigenvalue weighted by Gasteiger charge is 2.72. The fourth-order valence-corrected chi connectivity index (χ4v) is 7.38. The number of carbonyl (C=O) groups excluding carboxylic acids is 3. The van der Waals surface area contributed by atoms with Crippen molar-refractivity contribution in [1.82, 2.24) is 15.1 Å². The van der Waals surface area contributed by atoms with E-state index in [4.69, 9.17) is 4.74 Å². The Morgan fingerprint density at radius 3 is 2.51 bits per heavy atom. The van der Waals surface area contributed by atoms with Crippen LogP contribution in [0.15, 0.2) is 30.4 Å². The van der Waals surface area contributed by atoms with E-state index in [2.05, 4.69) is 35.4 Å². The summed E-state index contributed by atoms with van der Waals surface area (Å²) >= 11 is 0. The second kappa shape index (κ2) is 10.7. The predicted molar refractivity (Wildman–Crippen MR) is 151 cm³/mol. The van der Waals surface area contributed by atoms with E-state index in [9.17, 15) is 14.4 Å². The largest absolute Gasteiger partial charge is 0.359 e. The Bertz CT molecular complexity index is 1140. The van der Waals surface area contributed by atoms with Crippen LogP contribution in [0, 0.1) is 37.5 Å². The van der Waals surface area contributed by atoms with Gasteiger partial charge in [0.05, 0.1) is 17.9 Å². The number of benzene rings is 1. The minimum atomic E-state index is -1.13. The van der Waals surface area contributed by atoms with Crippen molar-refractivity contribution in [3.63, 3.8) is 0 Å². The summed E-state index contributed by atoms with van der Waals surface area (Å²) in [5.74, 6) is -1.08. The highest BCUT2D eigenvalue weighted by atomic mass is 16.5. The number of nitrogens with zero attached hydrogens (tertiary/aromatic N) is 2. The van der Waals surface area contributed by atoms with Gasteiger partial charge in [0.1, 0.15) is 11.6 Å². The summed E-state index contributed by atoms with van der Waals surface area (Å²) in [6.07, 6.45) is 7.17. The minimum Gasteiger partial charge on any atom is -0.359 e. The smallest absolute Gasteiger partial charge is 0.246 e. The highest BCUT2D eigenvalue weighted by molar-refractivity contribution is 6.02. The molecule has 5 rings (SSSR count). The third kappa shape index (κ3) is 5.02. The zero-order valence-corrected chi connectivity index (χ0v) is 24.2. The van der Waals surface area contributed by atoms with Crippen molar-refractivity contribution in [3.8, 4) is 0 Å². The fourth-order valence-electron chi connectivity index (χ4n) is 7.38. The molecule has 8 unspecified atom stereocenters. The molecule has 1 saturated carbocycles. The lowest BCUT2D eigenvalue weighted by molar-refractivity contribution is -0.141. The number of hydrogen-bond donors (Lipinski definition) is 2. The zero-order valence-electron chi connectivity index (χ0n) is 24.2. The van der Waals surface area contributed by atoms with Gasteiger partial charge in [-0.1, -0.05) is 44.9 Å². The summed E-state index contributed by atoms with van der Waals surface area (Å²) in [4.78, 5) is 45.6. The summed E-state index contributed by atoms with van der Waals surface area (Å²) in [5, 5.41) is 6.36. The van der Waals surface area contributed by atoms with E-state index in [1.54, 1.807) is 4.90 Å². The monoisotopic (exact) mass is 536 g/mol. The molecule has 3 fully saturated rings. The maximum atomic E-state index is 14.1. The number of likely N-dealkylation sites (tertiary alicyclic amines) is 1. The Kier molecular flexibility index (Phi) is 7.63. The van der Waals surface area contributed by atoms with Crippen molar-refractivity contribution in [2.24, 2.45) is 23.7 Å². The van der Waals surface area contributed by atoms with Crippen molar-refractivity contribution >= 4 is 23.4 Å². The maximum Gasteiger partial charge on any atom is 0.246 e. The first-order valence-corrected chi connectivity index (χ1v) is 14.5. The van der Waals surface area contributed by atoms with Crippen LogP contribution < -0.4 is 10.6 Å².